The SMILES string of the molecule is CC(C)N(CCC(=O)O)C(=O)Nc1cccc(C(N)=O)c1. The Morgan fingerprint density at radius 1 is 1.33 bits per heavy atom. The minimum absolute atomic E-state index is 0.105. The summed E-state index contributed by atoms with van der Waals surface area (Å²) in [6.45, 7) is 3.69. The van der Waals surface area contributed by atoms with Crippen molar-refractivity contribution in [2.45, 2.75) is 26.3 Å². The molecule has 0 aliphatic rings. The number of carbonyl (C=O) groups excluding carboxylic acids is 2. The lowest BCUT2D eigenvalue weighted by Crippen LogP contribution is -2.41. The van der Waals surface area contributed by atoms with Crippen LogP contribution < -0.4 is 11.1 Å². The molecule has 0 radical (unpaired) electrons. The lowest BCUT2D eigenvalue weighted by Gasteiger charge is -2.26. The van der Waals surface area contributed by atoms with Crippen molar-refractivity contribution in [3.63, 3.8) is 0 Å². The summed E-state index contributed by atoms with van der Waals surface area (Å²) >= 11 is 0. The molecule has 0 bridgehead atoms. The van der Waals surface area contributed by atoms with Crippen LogP contribution in [-0.4, -0.2) is 40.5 Å². The highest BCUT2D eigenvalue weighted by Gasteiger charge is 2.18. The van der Waals surface area contributed by atoms with Crippen LogP contribution in [0.4, 0.5) is 10.5 Å². The van der Waals surface area contributed by atoms with E-state index in [0.717, 1.165) is 0 Å². The fourth-order valence-electron chi connectivity index (χ4n) is 1.76. The van der Waals surface area contributed by atoms with Gasteiger partial charge in [-0.3, -0.25) is 9.59 Å². The average Bonchev–Trinajstić information content (AvgIpc) is 2.38. The number of nitrogens with two attached hydrogens (primary N) is 1. The molecule has 1 aromatic carbocycles. The molecule has 21 heavy (non-hydrogen) atoms. The number of benzene rings is 1. The molecule has 7 nitrogen and oxygen atoms in total. The summed E-state index contributed by atoms with van der Waals surface area (Å²) < 4.78 is 0. The molecule has 3 amide bonds. The second-order valence-corrected chi connectivity index (χ2v) is 4.81. The zero-order chi connectivity index (χ0) is 16.0. The highest BCUT2D eigenvalue weighted by molar-refractivity contribution is 5.96. The van der Waals surface area contributed by atoms with Gasteiger partial charge in [0.05, 0.1) is 6.42 Å². The van der Waals surface area contributed by atoms with Gasteiger partial charge in [0, 0.05) is 23.8 Å². The van der Waals surface area contributed by atoms with Gasteiger partial charge < -0.3 is 21.1 Å². The third kappa shape index (κ3) is 5.13. The Balaban J connectivity index is 2.79. The number of primary amides is 1. The van der Waals surface area contributed by atoms with Crippen LogP contribution in [0.2, 0.25) is 0 Å². The highest BCUT2D eigenvalue weighted by atomic mass is 16.4. The van der Waals surface area contributed by atoms with Crippen LogP contribution >= 0.6 is 0 Å². The van der Waals surface area contributed by atoms with Crippen molar-refractivity contribution in [1.82, 2.24) is 4.90 Å². The van der Waals surface area contributed by atoms with Gasteiger partial charge >= 0.3 is 12.0 Å². The molecule has 0 unspecified atom stereocenters. The maximum atomic E-state index is 12.2. The molecule has 1 rings (SSSR count). The fraction of sp³-hybridized carbons (Fsp3) is 0.357. The molecule has 0 atom stereocenters. The molecule has 0 heterocycles. The first kappa shape index (κ1) is 16.5. The topological polar surface area (TPSA) is 113 Å². The van der Waals surface area contributed by atoms with E-state index < -0.39 is 17.9 Å². The Morgan fingerprint density at radius 3 is 2.52 bits per heavy atom. The number of aliphatic carboxylic acids is 1. The van der Waals surface area contributed by atoms with Crippen LogP contribution in [0.5, 0.6) is 0 Å². The summed E-state index contributed by atoms with van der Waals surface area (Å²) in [5.74, 6) is -1.55. The van der Waals surface area contributed by atoms with Crippen molar-refractivity contribution in [2.24, 2.45) is 5.73 Å². The lowest BCUT2D eigenvalue weighted by atomic mass is 10.2. The molecular formula is C14H19N3O4. The van der Waals surface area contributed by atoms with Gasteiger partial charge in [-0.1, -0.05) is 6.07 Å². The smallest absolute Gasteiger partial charge is 0.322 e. The number of hydrogen-bond acceptors (Lipinski definition) is 3. The van der Waals surface area contributed by atoms with Gasteiger partial charge in [-0.15, -0.1) is 0 Å². The minimum atomic E-state index is -0.968. The number of nitrogens with one attached hydrogen (secondary N) is 1. The van der Waals surface area contributed by atoms with E-state index >= 15 is 0 Å². The summed E-state index contributed by atoms with van der Waals surface area (Å²) in [6.07, 6.45) is -0.132. The predicted octanol–water partition coefficient (Wildman–Crippen LogP) is 1.50. The Hall–Kier alpha value is -2.57. The summed E-state index contributed by atoms with van der Waals surface area (Å²) in [5.41, 5.74) is 5.89. The maximum Gasteiger partial charge on any atom is 0.322 e. The maximum absolute atomic E-state index is 12.2. The Bertz CT molecular complexity index is 543. The van der Waals surface area contributed by atoms with Crippen LogP contribution in [0.15, 0.2) is 24.3 Å². The molecule has 0 spiro atoms. The highest BCUT2D eigenvalue weighted by Crippen LogP contribution is 2.12. The third-order valence-electron chi connectivity index (χ3n) is 2.85. The summed E-state index contributed by atoms with van der Waals surface area (Å²) in [7, 11) is 0. The van der Waals surface area contributed by atoms with Crippen molar-refractivity contribution >= 4 is 23.6 Å². The number of amides is 3. The zero-order valence-electron chi connectivity index (χ0n) is 12.0. The summed E-state index contributed by atoms with van der Waals surface area (Å²) in [5, 5.41) is 11.3. The number of hydrogen-bond donors (Lipinski definition) is 3. The van der Waals surface area contributed by atoms with E-state index in [9.17, 15) is 14.4 Å². The molecule has 0 aliphatic heterocycles. The van der Waals surface area contributed by atoms with E-state index in [-0.39, 0.29) is 24.6 Å². The third-order valence-corrected chi connectivity index (χ3v) is 2.85. The fourth-order valence-corrected chi connectivity index (χ4v) is 1.76. The van der Waals surface area contributed by atoms with Crippen molar-refractivity contribution in [3.05, 3.63) is 29.8 Å². The number of urea groups is 1. The molecule has 4 N–H and O–H groups in total. The second-order valence-electron chi connectivity index (χ2n) is 4.81. The van der Waals surface area contributed by atoms with Crippen LogP contribution in [0.25, 0.3) is 0 Å². The van der Waals surface area contributed by atoms with Crippen LogP contribution in [0.1, 0.15) is 30.6 Å². The molecule has 114 valence electrons. The van der Waals surface area contributed by atoms with E-state index in [4.69, 9.17) is 10.8 Å². The number of nitrogens with zero attached hydrogens (tertiary/aromatic N) is 1. The molecule has 0 fully saturated rings. The molecule has 0 saturated heterocycles. The van der Waals surface area contributed by atoms with Crippen LogP contribution in [0, 0.1) is 0 Å². The Morgan fingerprint density at radius 2 is 2.00 bits per heavy atom. The van der Waals surface area contributed by atoms with Crippen LogP contribution in [-0.2, 0) is 4.79 Å². The Labute approximate surface area is 122 Å². The van der Waals surface area contributed by atoms with Crippen molar-refractivity contribution in [1.29, 1.82) is 0 Å². The zero-order valence-corrected chi connectivity index (χ0v) is 12.0. The normalized spacial score (nSPS) is 10.2. The number of rotatable bonds is 6. The molecule has 7 heteroatoms. The number of carboxylic acid groups (broad SMARTS) is 1. The second kappa shape index (κ2) is 7.28. The standard InChI is InChI=1S/C14H19N3O4/c1-9(2)17(7-6-12(18)19)14(21)16-11-5-3-4-10(8-11)13(15)20/h3-5,8-9H,6-7H2,1-2H3,(H2,15,20)(H,16,21)(H,18,19). The van der Waals surface area contributed by atoms with Gasteiger partial charge in [-0.2, -0.15) is 0 Å². The molecule has 0 aliphatic carbocycles. The molecular weight excluding hydrogens is 274 g/mol. The van der Waals surface area contributed by atoms with Gasteiger partial charge in [-0.05, 0) is 32.0 Å². The molecule has 1 aromatic rings. The first-order chi connectivity index (χ1) is 9.81. The van der Waals surface area contributed by atoms with Gasteiger partial charge in [0.15, 0.2) is 0 Å². The average molecular weight is 293 g/mol. The van der Waals surface area contributed by atoms with E-state index in [2.05, 4.69) is 5.32 Å². The van der Waals surface area contributed by atoms with Gasteiger partial charge in [0.2, 0.25) is 5.91 Å². The largest absolute Gasteiger partial charge is 0.481 e. The monoisotopic (exact) mass is 293 g/mol. The van der Waals surface area contributed by atoms with E-state index in [0.29, 0.717) is 5.69 Å². The van der Waals surface area contributed by atoms with Crippen molar-refractivity contribution in [2.75, 3.05) is 11.9 Å². The molecule has 0 saturated carbocycles. The summed E-state index contributed by atoms with van der Waals surface area (Å²) in [6, 6.07) is 5.67. The minimum Gasteiger partial charge on any atom is -0.481 e. The predicted molar refractivity (Wildman–Crippen MR) is 78.1 cm³/mol. The Kier molecular flexibility index (Phi) is 5.71. The number of carbonyl (C=O) groups is 3. The van der Waals surface area contributed by atoms with Crippen LogP contribution in [0.3, 0.4) is 0 Å². The number of anilines is 1. The van der Waals surface area contributed by atoms with Gasteiger partial charge in [-0.25, -0.2) is 4.79 Å². The van der Waals surface area contributed by atoms with E-state index in [1.54, 1.807) is 32.0 Å². The van der Waals surface area contributed by atoms with Crippen molar-refractivity contribution in [3.8, 4) is 0 Å². The van der Waals surface area contributed by atoms with Gasteiger partial charge in [0.1, 0.15) is 0 Å². The van der Waals surface area contributed by atoms with E-state index in [1.165, 1.54) is 11.0 Å². The molecule has 0 aromatic heterocycles. The van der Waals surface area contributed by atoms with Crippen molar-refractivity contribution < 1.29 is 19.5 Å². The first-order valence-electron chi connectivity index (χ1n) is 6.50. The quantitative estimate of drug-likeness (QED) is 0.737. The lowest BCUT2D eigenvalue weighted by molar-refractivity contribution is -0.137. The first-order valence-corrected chi connectivity index (χ1v) is 6.50. The number of carboxylic acids is 1. The van der Waals surface area contributed by atoms with E-state index in [1.807, 2.05) is 0 Å². The van der Waals surface area contributed by atoms with Gasteiger partial charge in [0.25, 0.3) is 0 Å². The summed E-state index contributed by atoms with van der Waals surface area (Å²) in [4.78, 5) is 35.3.